The lowest BCUT2D eigenvalue weighted by molar-refractivity contribution is 0.335. The average molecular weight is 472 g/mol. The van der Waals surface area contributed by atoms with Crippen molar-refractivity contribution in [3.05, 3.63) is 64.9 Å². The number of benzene rings is 2. The first-order chi connectivity index (χ1) is 15.8. The van der Waals surface area contributed by atoms with Crippen LogP contribution in [0.1, 0.15) is 23.7 Å². The van der Waals surface area contributed by atoms with Crippen molar-refractivity contribution in [2.24, 2.45) is 0 Å². The van der Waals surface area contributed by atoms with E-state index in [1.54, 1.807) is 31.2 Å². The van der Waals surface area contributed by atoms with Crippen LogP contribution in [0.5, 0.6) is 11.6 Å². The summed E-state index contributed by atoms with van der Waals surface area (Å²) in [7, 11) is -3.40. The van der Waals surface area contributed by atoms with Crippen molar-refractivity contribution in [1.29, 1.82) is 0 Å². The van der Waals surface area contributed by atoms with Crippen LogP contribution in [0.4, 0.5) is 8.78 Å². The van der Waals surface area contributed by atoms with Crippen molar-refractivity contribution in [3.8, 4) is 23.1 Å². The van der Waals surface area contributed by atoms with Crippen LogP contribution < -0.4 is 4.74 Å². The van der Waals surface area contributed by atoms with Gasteiger partial charge in [-0.15, -0.1) is 0 Å². The molecule has 0 aliphatic carbocycles. The van der Waals surface area contributed by atoms with Gasteiger partial charge in [-0.05, 0) is 13.0 Å². The van der Waals surface area contributed by atoms with Crippen LogP contribution in [0.3, 0.4) is 0 Å². The Hall–Kier alpha value is -3.60. The third-order valence-corrected chi connectivity index (χ3v) is 6.84. The summed E-state index contributed by atoms with van der Waals surface area (Å²) >= 11 is 0. The number of sulfone groups is 1. The van der Waals surface area contributed by atoms with Gasteiger partial charge in [0, 0.05) is 23.1 Å². The molecule has 0 fully saturated rings. The molecule has 0 spiro atoms. The van der Waals surface area contributed by atoms with Gasteiger partial charge >= 0.3 is 0 Å². The lowest BCUT2D eigenvalue weighted by Crippen LogP contribution is -2.07. The van der Waals surface area contributed by atoms with Gasteiger partial charge in [0.05, 0.1) is 41.4 Å². The molecular formula is C22H18F2N4O4S. The third kappa shape index (κ3) is 3.78. The molecule has 0 saturated carbocycles. The molecule has 0 unspecified atom stereocenters. The Kier molecular flexibility index (Phi) is 5.00. The largest absolute Gasteiger partial charge is 0.494 e. The van der Waals surface area contributed by atoms with E-state index in [9.17, 15) is 22.3 Å². The second-order valence-electron chi connectivity index (χ2n) is 7.65. The topological polar surface area (TPSA) is 107 Å². The fourth-order valence-electron chi connectivity index (χ4n) is 3.91. The second-order valence-corrected chi connectivity index (χ2v) is 9.71. The van der Waals surface area contributed by atoms with Crippen LogP contribution in [0.15, 0.2) is 36.4 Å². The molecule has 2 aromatic carbocycles. The number of hydrogen-bond acceptors (Lipinski definition) is 7. The van der Waals surface area contributed by atoms with E-state index in [-0.39, 0.29) is 58.7 Å². The number of para-hydroxylation sites is 1. The Morgan fingerprint density at radius 3 is 2.58 bits per heavy atom. The van der Waals surface area contributed by atoms with E-state index in [1.807, 2.05) is 0 Å². The fraction of sp³-hybridized carbons (Fsp3) is 0.227. The summed E-state index contributed by atoms with van der Waals surface area (Å²) in [6, 6.07) is 9.22. The highest BCUT2D eigenvalue weighted by atomic mass is 32.2. The molecule has 8 nitrogen and oxygen atoms in total. The van der Waals surface area contributed by atoms with Crippen molar-refractivity contribution in [3.63, 3.8) is 0 Å². The van der Waals surface area contributed by atoms with Gasteiger partial charge < -0.3 is 9.84 Å². The van der Waals surface area contributed by atoms with Crippen molar-refractivity contribution < 1.29 is 27.0 Å². The number of hydrogen-bond donors (Lipinski definition) is 1. The van der Waals surface area contributed by atoms with Crippen molar-refractivity contribution in [1.82, 2.24) is 19.7 Å². The molecule has 170 valence electrons. The predicted octanol–water partition coefficient (Wildman–Crippen LogP) is 3.35. The van der Waals surface area contributed by atoms with E-state index < -0.39 is 27.4 Å². The van der Waals surface area contributed by atoms with Gasteiger partial charge in [0.2, 0.25) is 5.88 Å². The molecule has 1 aliphatic rings. The monoisotopic (exact) mass is 472 g/mol. The first kappa shape index (κ1) is 21.3. The molecule has 4 aromatic rings. The predicted molar refractivity (Wildman–Crippen MR) is 115 cm³/mol. The minimum atomic E-state index is -3.40. The summed E-state index contributed by atoms with van der Waals surface area (Å²) in [5.74, 6) is -2.44. The Morgan fingerprint density at radius 2 is 1.85 bits per heavy atom. The first-order valence-electron chi connectivity index (χ1n) is 10.1. The summed E-state index contributed by atoms with van der Waals surface area (Å²) in [6.07, 6.45) is 0. The standard InChI is InChI=1S/C22H18F2N4O4S/c1-2-32-12-7-16(23)14(17(24)8-12)9-28-19-6-4-3-5-13(19)20(27-28)21-25-18-11-33(30,31)10-15(18)22(29)26-21/h3-8H,2,9-11H2,1H3,(H,25,26,29). The molecule has 1 N–H and O–H groups in total. The third-order valence-electron chi connectivity index (χ3n) is 5.40. The van der Waals surface area contributed by atoms with E-state index in [0.717, 1.165) is 12.1 Å². The summed E-state index contributed by atoms with van der Waals surface area (Å²) in [5, 5.41) is 15.4. The molecule has 5 rings (SSSR count). The molecule has 0 bridgehead atoms. The molecule has 3 heterocycles. The Morgan fingerprint density at radius 1 is 1.12 bits per heavy atom. The molecule has 0 atom stereocenters. The number of aromatic nitrogens is 4. The van der Waals surface area contributed by atoms with E-state index in [2.05, 4.69) is 15.1 Å². The minimum absolute atomic E-state index is 0.0333. The van der Waals surface area contributed by atoms with E-state index in [0.29, 0.717) is 10.9 Å². The van der Waals surface area contributed by atoms with Gasteiger partial charge in [-0.3, -0.25) is 4.68 Å². The zero-order chi connectivity index (χ0) is 23.3. The zero-order valence-corrected chi connectivity index (χ0v) is 18.2. The Labute approximate surface area is 187 Å². The van der Waals surface area contributed by atoms with Gasteiger partial charge in [-0.2, -0.15) is 10.1 Å². The number of fused-ring (bicyclic) bond motifs is 2. The number of ether oxygens (including phenoxy) is 1. The van der Waals surface area contributed by atoms with Gasteiger partial charge in [0.15, 0.2) is 15.7 Å². The van der Waals surface area contributed by atoms with Crippen LogP contribution in [0.2, 0.25) is 0 Å². The Bertz CT molecular complexity index is 1500. The average Bonchev–Trinajstić information content (AvgIpc) is 3.27. The lowest BCUT2D eigenvalue weighted by Gasteiger charge is -2.09. The van der Waals surface area contributed by atoms with Crippen molar-refractivity contribution >= 4 is 20.7 Å². The van der Waals surface area contributed by atoms with Crippen LogP contribution >= 0.6 is 0 Å². The quantitative estimate of drug-likeness (QED) is 0.475. The summed E-state index contributed by atoms with van der Waals surface area (Å²) in [5.41, 5.74) is 1.04. The summed E-state index contributed by atoms with van der Waals surface area (Å²) < 4.78 is 59.8. The van der Waals surface area contributed by atoms with Gasteiger partial charge in [0.1, 0.15) is 23.1 Å². The van der Waals surface area contributed by atoms with Gasteiger partial charge in [0.25, 0.3) is 0 Å². The number of rotatable bonds is 5. The molecule has 33 heavy (non-hydrogen) atoms. The molecule has 0 saturated heterocycles. The molecule has 0 radical (unpaired) electrons. The SMILES string of the molecule is CCOc1cc(F)c(Cn2nc(-c3nc(O)c4c(n3)CS(=O)(=O)C4)c3ccccc32)c(F)c1. The number of halogens is 2. The van der Waals surface area contributed by atoms with Crippen LogP contribution in [0.25, 0.3) is 22.4 Å². The van der Waals surface area contributed by atoms with Crippen LogP contribution in [-0.4, -0.2) is 39.9 Å². The maximum Gasteiger partial charge on any atom is 0.219 e. The second kappa shape index (κ2) is 7.77. The smallest absolute Gasteiger partial charge is 0.219 e. The molecule has 11 heteroatoms. The highest BCUT2D eigenvalue weighted by Gasteiger charge is 2.31. The minimum Gasteiger partial charge on any atom is -0.494 e. The molecule has 0 amide bonds. The van der Waals surface area contributed by atoms with Crippen LogP contribution in [0, 0.1) is 11.6 Å². The maximum atomic E-state index is 14.6. The highest BCUT2D eigenvalue weighted by molar-refractivity contribution is 7.90. The van der Waals surface area contributed by atoms with Crippen molar-refractivity contribution in [2.75, 3.05) is 6.61 Å². The van der Waals surface area contributed by atoms with E-state index >= 15 is 0 Å². The first-order valence-corrected chi connectivity index (χ1v) is 11.9. The summed E-state index contributed by atoms with van der Waals surface area (Å²) in [6.45, 7) is 1.78. The fourth-order valence-corrected chi connectivity index (χ4v) is 5.41. The van der Waals surface area contributed by atoms with Gasteiger partial charge in [-0.1, -0.05) is 18.2 Å². The van der Waals surface area contributed by atoms with Gasteiger partial charge in [-0.25, -0.2) is 22.2 Å². The lowest BCUT2D eigenvalue weighted by atomic mass is 10.1. The highest BCUT2D eigenvalue weighted by Crippen LogP contribution is 2.34. The summed E-state index contributed by atoms with van der Waals surface area (Å²) in [4.78, 5) is 8.38. The Balaban J connectivity index is 1.61. The van der Waals surface area contributed by atoms with E-state index in [4.69, 9.17) is 4.74 Å². The van der Waals surface area contributed by atoms with Crippen molar-refractivity contribution in [2.45, 2.75) is 25.0 Å². The zero-order valence-electron chi connectivity index (χ0n) is 17.4. The molecule has 1 aliphatic heterocycles. The molecular weight excluding hydrogens is 454 g/mol. The number of nitrogens with zero attached hydrogens (tertiary/aromatic N) is 4. The number of aromatic hydroxyl groups is 1. The maximum absolute atomic E-state index is 14.6. The normalized spacial score (nSPS) is 14.5. The van der Waals surface area contributed by atoms with Crippen LogP contribution in [-0.2, 0) is 27.9 Å². The molecule has 2 aromatic heterocycles. The van der Waals surface area contributed by atoms with E-state index in [1.165, 1.54) is 4.68 Å².